The summed E-state index contributed by atoms with van der Waals surface area (Å²) in [5.74, 6) is 0.226. The maximum Gasteiger partial charge on any atom is 0.258 e. The van der Waals surface area contributed by atoms with Crippen LogP contribution in [0.25, 0.3) is 0 Å². The Labute approximate surface area is 140 Å². The number of fused-ring (bicyclic) bond motifs is 1. The highest BCUT2D eigenvalue weighted by Gasteiger charge is 2.29. The van der Waals surface area contributed by atoms with Crippen molar-refractivity contribution in [1.82, 2.24) is 0 Å². The topological polar surface area (TPSA) is 37.4 Å². The van der Waals surface area contributed by atoms with Crippen LogP contribution in [0.5, 0.6) is 0 Å². The SMILES string of the molecule is CC(C)c1ccccc1C(=O)N1CCC(=O)c2ccc(Cl)cc21. The van der Waals surface area contributed by atoms with Crippen LogP contribution in [0.3, 0.4) is 0 Å². The number of carbonyl (C=O) groups is 2. The van der Waals surface area contributed by atoms with Gasteiger partial charge in [0.1, 0.15) is 0 Å². The third-order valence-corrected chi connectivity index (χ3v) is 4.41. The van der Waals surface area contributed by atoms with E-state index in [1.54, 1.807) is 23.1 Å². The van der Waals surface area contributed by atoms with E-state index in [-0.39, 0.29) is 17.6 Å². The minimum absolute atomic E-state index is 0.0536. The van der Waals surface area contributed by atoms with Crippen LogP contribution in [0.1, 0.15) is 52.5 Å². The summed E-state index contributed by atoms with van der Waals surface area (Å²) >= 11 is 6.07. The average Bonchev–Trinajstić information content (AvgIpc) is 2.54. The smallest absolute Gasteiger partial charge is 0.258 e. The van der Waals surface area contributed by atoms with Crippen LogP contribution in [0.4, 0.5) is 5.69 Å². The number of amides is 1. The van der Waals surface area contributed by atoms with Gasteiger partial charge in [0.15, 0.2) is 5.78 Å². The van der Waals surface area contributed by atoms with E-state index in [9.17, 15) is 9.59 Å². The summed E-state index contributed by atoms with van der Waals surface area (Å²) in [6, 6.07) is 12.7. The van der Waals surface area contributed by atoms with Gasteiger partial charge in [-0.25, -0.2) is 0 Å². The van der Waals surface area contributed by atoms with Crippen molar-refractivity contribution in [3.8, 4) is 0 Å². The molecule has 0 aliphatic carbocycles. The van der Waals surface area contributed by atoms with Crippen molar-refractivity contribution in [3.05, 3.63) is 64.2 Å². The number of anilines is 1. The van der Waals surface area contributed by atoms with Crippen LogP contribution in [0, 0.1) is 0 Å². The maximum atomic E-state index is 13.1. The first kappa shape index (κ1) is 15.8. The molecule has 0 bridgehead atoms. The van der Waals surface area contributed by atoms with Gasteiger partial charge in [-0.1, -0.05) is 43.6 Å². The number of benzene rings is 2. The van der Waals surface area contributed by atoms with Crippen LogP contribution >= 0.6 is 11.6 Å². The lowest BCUT2D eigenvalue weighted by atomic mass is 9.94. The average molecular weight is 328 g/mol. The second kappa shape index (κ2) is 6.17. The molecule has 4 heteroatoms. The van der Waals surface area contributed by atoms with E-state index in [1.165, 1.54) is 0 Å². The number of halogens is 1. The Kier molecular flexibility index (Phi) is 4.22. The molecule has 2 aromatic rings. The molecule has 23 heavy (non-hydrogen) atoms. The normalized spacial score (nSPS) is 14.1. The number of nitrogens with zero attached hydrogens (tertiary/aromatic N) is 1. The number of hydrogen-bond acceptors (Lipinski definition) is 2. The quantitative estimate of drug-likeness (QED) is 0.802. The Balaban J connectivity index is 2.07. The summed E-state index contributed by atoms with van der Waals surface area (Å²) in [5, 5.41) is 0.522. The van der Waals surface area contributed by atoms with Gasteiger partial charge in [-0.2, -0.15) is 0 Å². The maximum absolute atomic E-state index is 13.1. The Morgan fingerprint density at radius 1 is 1.17 bits per heavy atom. The van der Waals surface area contributed by atoms with Gasteiger partial charge in [0.2, 0.25) is 0 Å². The van der Waals surface area contributed by atoms with Crippen molar-refractivity contribution in [2.45, 2.75) is 26.2 Å². The van der Waals surface area contributed by atoms with Gasteiger partial charge in [0.25, 0.3) is 5.91 Å². The van der Waals surface area contributed by atoms with Crippen LogP contribution in [0.2, 0.25) is 5.02 Å². The third kappa shape index (κ3) is 2.89. The van der Waals surface area contributed by atoms with Gasteiger partial charge in [-0.3, -0.25) is 9.59 Å². The Morgan fingerprint density at radius 2 is 1.91 bits per heavy atom. The van der Waals surface area contributed by atoms with E-state index in [1.807, 2.05) is 24.3 Å². The molecule has 0 saturated carbocycles. The summed E-state index contributed by atoms with van der Waals surface area (Å²) in [7, 11) is 0. The van der Waals surface area contributed by atoms with E-state index < -0.39 is 0 Å². The second-order valence-corrected chi connectivity index (χ2v) is 6.47. The van der Waals surface area contributed by atoms with E-state index in [2.05, 4.69) is 13.8 Å². The van der Waals surface area contributed by atoms with Gasteiger partial charge >= 0.3 is 0 Å². The van der Waals surface area contributed by atoms with Crippen LogP contribution in [-0.2, 0) is 0 Å². The van der Waals surface area contributed by atoms with Crippen molar-refractivity contribution >= 4 is 29.0 Å². The van der Waals surface area contributed by atoms with Crippen LogP contribution in [0.15, 0.2) is 42.5 Å². The molecule has 3 rings (SSSR count). The van der Waals surface area contributed by atoms with Crippen molar-refractivity contribution in [3.63, 3.8) is 0 Å². The highest BCUT2D eigenvalue weighted by atomic mass is 35.5. The molecule has 0 atom stereocenters. The van der Waals surface area contributed by atoms with Gasteiger partial charge in [-0.05, 0) is 35.7 Å². The number of carbonyl (C=O) groups excluding carboxylic acids is 2. The van der Waals surface area contributed by atoms with Gasteiger partial charge in [-0.15, -0.1) is 0 Å². The third-order valence-electron chi connectivity index (χ3n) is 4.17. The van der Waals surface area contributed by atoms with E-state index >= 15 is 0 Å². The zero-order valence-corrected chi connectivity index (χ0v) is 13.9. The fraction of sp³-hybridized carbons (Fsp3) is 0.263. The molecule has 2 aromatic carbocycles. The minimum Gasteiger partial charge on any atom is -0.307 e. The monoisotopic (exact) mass is 327 g/mol. The molecule has 1 amide bonds. The lowest BCUT2D eigenvalue weighted by Gasteiger charge is -2.30. The highest BCUT2D eigenvalue weighted by molar-refractivity contribution is 6.31. The molecule has 3 nitrogen and oxygen atoms in total. The molecule has 0 N–H and O–H groups in total. The van der Waals surface area contributed by atoms with Crippen molar-refractivity contribution < 1.29 is 9.59 Å². The predicted octanol–water partition coefficient (Wildman–Crippen LogP) is 4.70. The molecule has 1 aliphatic rings. The molecule has 1 aliphatic heterocycles. The molecule has 0 unspecified atom stereocenters. The summed E-state index contributed by atoms with van der Waals surface area (Å²) in [6.45, 7) is 4.52. The molecule has 0 fully saturated rings. The van der Waals surface area contributed by atoms with E-state index in [4.69, 9.17) is 11.6 Å². The fourth-order valence-electron chi connectivity index (χ4n) is 2.98. The van der Waals surface area contributed by atoms with Crippen LogP contribution in [-0.4, -0.2) is 18.2 Å². The van der Waals surface area contributed by atoms with Crippen LogP contribution < -0.4 is 4.90 Å². The molecular formula is C19H18ClNO2. The molecule has 0 saturated heterocycles. The summed E-state index contributed by atoms with van der Waals surface area (Å²) < 4.78 is 0. The Hall–Kier alpha value is -2.13. The van der Waals surface area contributed by atoms with Crippen molar-refractivity contribution in [2.75, 3.05) is 11.4 Å². The number of ketones is 1. The second-order valence-electron chi connectivity index (χ2n) is 6.03. The number of rotatable bonds is 2. The first-order valence-corrected chi connectivity index (χ1v) is 8.10. The predicted molar refractivity (Wildman–Crippen MR) is 92.6 cm³/mol. The minimum atomic E-state index is -0.0784. The Morgan fingerprint density at radius 3 is 2.65 bits per heavy atom. The summed E-state index contributed by atoms with van der Waals surface area (Å²) in [6.07, 6.45) is 0.338. The lowest BCUT2D eigenvalue weighted by Crippen LogP contribution is -2.38. The van der Waals surface area contributed by atoms with Crippen molar-refractivity contribution in [1.29, 1.82) is 0 Å². The number of hydrogen-bond donors (Lipinski definition) is 0. The van der Waals surface area contributed by atoms with Gasteiger partial charge < -0.3 is 4.90 Å². The summed E-state index contributed by atoms with van der Waals surface area (Å²) in [4.78, 5) is 26.8. The molecule has 0 aromatic heterocycles. The standard InChI is InChI=1S/C19H18ClNO2/c1-12(2)14-5-3-4-6-15(14)19(23)21-10-9-18(22)16-8-7-13(20)11-17(16)21/h3-8,11-12H,9-10H2,1-2H3. The summed E-state index contributed by atoms with van der Waals surface area (Å²) in [5.41, 5.74) is 2.87. The first-order valence-electron chi connectivity index (χ1n) is 7.72. The van der Waals surface area contributed by atoms with Gasteiger partial charge in [0, 0.05) is 29.1 Å². The van der Waals surface area contributed by atoms with Crippen molar-refractivity contribution in [2.24, 2.45) is 0 Å². The van der Waals surface area contributed by atoms with Gasteiger partial charge in [0.05, 0.1) is 5.69 Å². The van der Waals surface area contributed by atoms with E-state index in [0.717, 1.165) is 5.56 Å². The largest absolute Gasteiger partial charge is 0.307 e. The highest BCUT2D eigenvalue weighted by Crippen LogP contribution is 2.32. The molecular weight excluding hydrogens is 310 g/mol. The zero-order valence-electron chi connectivity index (χ0n) is 13.2. The molecule has 0 radical (unpaired) electrons. The molecule has 1 heterocycles. The Bertz CT molecular complexity index is 783. The lowest BCUT2D eigenvalue weighted by molar-refractivity contribution is 0.0954. The molecule has 118 valence electrons. The van der Waals surface area contributed by atoms with E-state index in [0.29, 0.717) is 34.8 Å². The zero-order chi connectivity index (χ0) is 16.6. The first-order chi connectivity index (χ1) is 11.0. The molecule has 0 spiro atoms. The number of Topliss-reactive ketones (excluding diaryl/α,β-unsaturated/α-hetero) is 1. The fourth-order valence-corrected chi connectivity index (χ4v) is 3.15.